The molecule has 6 nitrogen and oxygen atoms in total. The molecule has 0 unspecified atom stereocenters. The number of ether oxygens (including phenoxy) is 2. The van der Waals surface area contributed by atoms with Crippen LogP contribution in [0, 0.1) is 17.2 Å². The van der Waals surface area contributed by atoms with Gasteiger partial charge in [0.15, 0.2) is 0 Å². The molecule has 0 aliphatic carbocycles. The Hall–Kier alpha value is -2.95. The number of rotatable bonds is 7. The van der Waals surface area contributed by atoms with Gasteiger partial charge in [0.25, 0.3) is 0 Å². The number of esters is 1. The molecule has 0 spiro atoms. The summed E-state index contributed by atoms with van der Waals surface area (Å²) in [5.74, 6) is -2.01. The summed E-state index contributed by atoms with van der Waals surface area (Å²) in [5.41, 5.74) is 1.83. The maximum absolute atomic E-state index is 12.9. The zero-order valence-corrected chi connectivity index (χ0v) is 18.6. The number of hydrogen-bond acceptors (Lipinski definition) is 6. The van der Waals surface area contributed by atoms with Crippen LogP contribution in [-0.4, -0.2) is 25.6 Å². The highest BCUT2D eigenvalue weighted by molar-refractivity contribution is 8.02. The van der Waals surface area contributed by atoms with Gasteiger partial charge in [-0.05, 0) is 36.2 Å². The van der Waals surface area contributed by atoms with Gasteiger partial charge in [-0.1, -0.05) is 41.9 Å². The molecule has 1 heterocycles. The van der Waals surface area contributed by atoms with Gasteiger partial charge in [-0.3, -0.25) is 9.59 Å². The Balaban J connectivity index is 2.01. The van der Waals surface area contributed by atoms with E-state index in [1.54, 1.807) is 30.3 Å². The van der Waals surface area contributed by atoms with Crippen molar-refractivity contribution in [2.45, 2.75) is 18.6 Å². The number of amides is 1. The highest BCUT2D eigenvalue weighted by Gasteiger charge is 2.44. The largest absolute Gasteiger partial charge is 0.494 e. The molecule has 1 N–H and O–H groups in total. The van der Waals surface area contributed by atoms with Gasteiger partial charge in [0.2, 0.25) is 5.91 Å². The van der Waals surface area contributed by atoms with Crippen molar-refractivity contribution in [3.8, 4) is 11.8 Å². The van der Waals surface area contributed by atoms with E-state index in [0.29, 0.717) is 39.3 Å². The van der Waals surface area contributed by atoms with Crippen LogP contribution in [0.25, 0.3) is 0 Å². The highest BCUT2D eigenvalue weighted by Crippen LogP contribution is 2.41. The molecule has 0 fully saturated rings. The summed E-state index contributed by atoms with van der Waals surface area (Å²) in [6.07, 6.45) is 0. The lowest BCUT2D eigenvalue weighted by Crippen LogP contribution is -2.44. The van der Waals surface area contributed by atoms with E-state index in [1.165, 1.54) is 18.9 Å². The van der Waals surface area contributed by atoms with Gasteiger partial charge in [0.05, 0.1) is 30.4 Å². The number of carbonyl (C=O) groups is 2. The average molecular weight is 457 g/mol. The standard InChI is InChI=1S/C23H21ClN2O4S/c1-3-30-16-10-8-14(9-11-16)19-17(12-25)22(26-21(27)20(19)23(28)29-2)31-13-15-6-4-5-7-18(15)24/h4-11,19-20H,3,13H2,1-2H3,(H,26,27)/t19-,20-/m1/s1. The van der Waals surface area contributed by atoms with E-state index in [4.69, 9.17) is 21.1 Å². The molecular formula is C23H21ClN2O4S. The van der Waals surface area contributed by atoms with Crippen molar-refractivity contribution in [2.24, 2.45) is 5.92 Å². The molecule has 2 aromatic rings. The summed E-state index contributed by atoms with van der Waals surface area (Å²) < 4.78 is 10.3. The van der Waals surface area contributed by atoms with Gasteiger partial charge in [0, 0.05) is 16.7 Å². The molecule has 8 heteroatoms. The molecule has 0 saturated carbocycles. The van der Waals surface area contributed by atoms with Crippen LogP contribution in [0.1, 0.15) is 24.0 Å². The predicted molar refractivity (Wildman–Crippen MR) is 119 cm³/mol. The Bertz CT molecular complexity index is 1050. The molecule has 3 rings (SSSR count). The van der Waals surface area contributed by atoms with Gasteiger partial charge in [-0.15, -0.1) is 11.8 Å². The van der Waals surface area contributed by atoms with Crippen LogP contribution < -0.4 is 10.1 Å². The molecule has 1 aliphatic rings. The molecule has 31 heavy (non-hydrogen) atoms. The molecular weight excluding hydrogens is 436 g/mol. The monoisotopic (exact) mass is 456 g/mol. The third-order valence-electron chi connectivity index (χ3n) is 4.86. The topological polar surface area (TPSA) is 88.4 Å². The van der Waals surface area contributed by atoms with Crippen molar-refractivity contribution < 1.29 is 19.1 Å². The summed E-state index contributed by atoms with van der Waals surface area (Å²) in [5, 5.41) is 13.7. The lowest BCUT2D eigenvalue weighted by molar-refractivity contribution is -0.150. The summed E-state index contributed by atoms with van der Waals surface area (Å²) in [4.78, 5) is 25.3. The van der Waals surface area contributed by atoms with Crippen molar-refractivity contribution in [3.63, 3.8) is 0 Å². The second kappa shape index (κ2) is 10.4. The van der Waals surface area contributed by atoms with Crippen LogP contribution in [0.3, 0.4) is 0 Å². The van der Waals surface area contributed by atoms with E-state index in [-0.39, 0.29) is 0 Å². The minimum atomic E-state index is -1.16. The van der Waals surface area contributed by atoms with Crippen LogP contribution in [0.4, 0.5) is 0 Å². The predicted octanol–water partition coefficient (Wildman–Crippen LogP) is 4.41. The average Bonchev–Trinajstić information content (AvgIpc) is 2.78. The normalized spacial score (nSPS) is 18.2. The highest BCUT2D eigenvalue weighted by atomic mass is 35.5. The Morgan fingerprint density at radius 2 is 1.94 bits per heavy atom. The number of methoxy groups -OCH3 is 1. The van der Waals surface area contributed by atoms with Gasteiger partial charge >= 0.3 is 5.97 Å². The van der Waals surface area contributed by atoms with Crippen LogP contribution in [-0.2, 0) is 20.1 Å². The van der Waals surface area contributed by atoms with Crippen LogP contribution in [0.2, 0.25) is 5.02 Å². The van der Waals surface area contributed by atoms with Gasteiger partial charge in [-0.25, -0.2) is 0 Å². The minimum Gasteiger partial charge on any atom is -0.494 e. The van der Waals surface area contributed by atoms with E-state index < -0.39 is 23.7 Å². The van der Waals surface area contributed by atoms with Gasteiger partial charge in [0.1, 0.15) is 11.7 Å². The second-order valence-corrected chi connectivity index (χ2v) is 8.10. The first-order valence-corrected chi connectivity index (χ1v) is 11.0. The first-order chi connectivity index (χ1) is 15.0. The Labute approximate surface area is 190 Å². The van der Waals surface area contributed by atoms with Crippen molar-refractivity contribution in [2.75, 3.05) is 13.7 Å². The second-order valence-electron chi connectivity index (χ2n) is 6.70. The number of carbonyl (C=O) groups excluding carboxylic acids is 2. The lowest BCUT2D eigenvalue weighted by atomic mass is 9.78. The molecule has 1 amide bonds. The molecule has 1 aliphatic heterocycles. The molecule has 0 radical (unpaired) electrons. The Morgan fingerprint density at radius 1 is 1.23 bits per heavy atom. The number of hydrogen-bond donors (Lipinski definition) is 1. The molecule has 2 atom stereocenters. The number of thioether (sulfide) groups is 1. The van der Waals surface area contributed by atoms with E-state index in [0.717, 1.165) is 5.56 Å². The van der Waals surface area contributed by atoms with E-state index >= 15 is 0 Å². The molecule has 160 valence electrons. The van der Waals surface area contributed by atoms with Crippen molar-refractivity contribution >= 4 is 35.2 Å². The number of allylic oxidation sites excluding steroid dienone is 1. The summed E-state index contributed by atoms with van der Waals surface area (Å²) >= 11 is 7.53. The molecule has 2 aromatic carbocycles. The van der Waals surface area contributed by atoms with E-state index in [2.05, 4.69) is 11.4 Å². The van der Waals surface area contributed by atoms with E-state index in [9.17, 15) is 14.9 Å². The van der Waals surface area contributed by atoms with E-state index in [1.807, 2.05) is 25.1 Å². The van der Waals surface area contributed by atoms with Crippen LogP contribution in [0.15, 0.2) is 59.1 Å². The summed E-state index contributed by atoms with van der Waals surface area (Å²) in [6.45, 7) is 2.40. The fourth-order valence-electron chi connectivity index (χ4n) is 3.38. The molecule has 0 saturated heterocycles. The van der Waals surface area contributed by atoms with Crippen LogP contribution in [0.5, 0.6) is 5.75 Å². The summed E-state index contributed by atoms with van der Waals surface area (Å²) in [6, 6.07) is 16.6. The number of nitriles is 1. The zero-order chi connectivity index (χ0) is 22.4. The number of benzene rings is 2. The first-order valence-electron chi connectivity index (χ1n) is 9.62. The third kappa shape index (κ3) is 5.04. The summed E-state index contributed by atoms with van der Waals surface area (Å²) in [7, 11) is 1.22. The fraction of sp³-hybridized carbons (Fsp3) is 0.261. The number of halogens is 1. The molecule has 0 aromatic heterocycles. The van der Waals surface area contributed by atoms with Crippen molar-refractivity contribution in [1.82, 2.24) is 5.32 Å². The van der Waals surface area contributed by atoms with Crippen LogP contribution >= 0.6 is 23.4 Å². The number of nitrogens with one attached hydrogen (secondary N) is 1. The van der Waals surface area contributed by atoms with Crippen molar-refractivity contribution in [3.05, 3.63) is 75.3 Å². The fourth-order valence-corrected chi connectivity index (χ4v) is 4.72. The minimum absolute atomic E-state index is 0.302. The van der Waals surface area contributed by atoms with Crippen molar-refractivity contribution in [1.29, 1.82) is 5.26 Å². The zero-order valence-electron chi connectivity index (χ0n) is 17.1. The smallest absolute Gasteiger partial charge is 0.319 e. The quantitative estimate of drug-likeness (QED) is 0.490. The Kier molecular flexibility index (Phi) is 7.61. The third-order valence-corrected chi connectivity index (χ3v) is 6.30. The maximum atomic E-state index is 12.9. The lowest BCUT2D eigenvalue weighted by Gasteiger charge is -2.31. The maximum Gasteiger partial charge on any atom is 0.319 e. The van der Waals surface area contributed by atoms with Gasteiger partial charge in [-0.2, -0.15) is 5.26 Å². The molecule has 0 bridgehead atoms. The number of nitrogens with zero attached hydrogens (tertiary/aromatic N) is 1. The SMILES string of the molecule is CCOc1ccc([C@@H]2C(C#N)=C(SCc3ccccc3Cl)NC(=O)[C@@H]2C(=O)OC)cc1. The first kappa shape index (κ1) is 22.7. The Morgan fingerprint density at radius 3 is 2.55 bits per heavy atom. The van der Waals surface area contributed by atoms with Gasteiger partial charge < -0.3 is 14.8 Å².